The van der Waals surface area contributed by atoms with Crippen LogP contribution in [0.1, 0.15) is 47.4 Å². The number of hydrogen-bond acceptors (Lipinski definition) is 5. The molecule has 0 radical (unpaired) electrons. The molecule has 1 aliphatic carbocycles. The van der Waals surface area contributed by atoms with Gasteiger partial charge in [0.05, 0.1) is 16.5 Å². The predicted molar refractivity (Wildman–Crippen MR) is 120 cm³/mol. The Morgan fingerprint density at radius 3 is 2.62 bits per heavy atom. The van der Waals surface area contributed by atoms with E-state index in [4.69, 9.17) is 16.1 Å². The lowest BCUT2D eigenvalue weighted by Gasteiger charge is -2.05. The highest BCUT2D eigenvalue weighted by Crippen LogP contribution is 2.25. The molecule has 0 atom stereocenters. The Labute approximate surface area is 189 Å². The maximum atomic E-state index is 12.5. The van der Waals surface area contributed by atoms with Crippen molar-refractivity contribution < 1.29 is 14.2 Å². The molecule has 0 aliphatic heterocycles. The lowest BCUT2D eigenvalue weighted by molar-refractivity contribution is -0.384. The van der Waals surface area contributed by atoms with Gasteiger partial charge in [-0.25, -0.2) is 0 Å². The van der Waals surface area contributed by atoms with E-state index in [1.807, 2.05) is 0 Å². The molecule has 4 rings (SSSR count). The third-order valence-electron chi connectivity index (χ3n) is 5.35. The average molecular weight is 450 g/mol. The van der Waals surface area contributed by atoms with E-state index in [0.717, 1.165) is 18.4 Å². The Morgan fingerprint density at radius 1 is 1.19 bits per heavy atom. The first kappa shape index (κ1) is 21.6. The Bertz CT molecular complexity index is 1200. The summed E-state index contributed by atoms with van der Waals surface area (Å²) in [7, 11) is 0. The van der Waals surface area contributed by atoms with E-state index in [1.165, 1.54) is 25.0 Å². The summed E-state index contributed by atoms with van der Waals surface area (Å²) < 4.78 is 5.26. The molecule has 0 spiro atoms. The van der Waals surface area contributed by atoms with E-state index in [1.54, 1.807) is 36.4 Å². The van der Waals surface area contributed by atoms with Crippen LogP contribution in [0.15, 0.2) is 53.1 Å². The van der Waals surface area contributed by atoms with Crippen LogP contribution >= 0.6 is 11.6 Å². The SMILES string of the molecule is O=C(NCc1cc(-c2ccc([N+](=O)[O-])cc2)no1)c1ccc(C#CC2CCCC2)c(Cl)c1. The molecule has 2 aromatic carbocycles. The second kappa shape index (κ2) is 9.67. The highest BCUT2D eigenvalue weighted by molar-refractivity contribution is 6.32. The van der Waals surface area contributed by atoms with Crippen LogP contribution in [0.3, 0.4) is 0 Å². The summed E-state index contributed by atoms with van der Waals surface area (Å²) in [4.78, 5) is 22.8. The van der Waals surface area contributed by atoms with Crippen LogP contribution in [0.4, 0.5) is 5.69 Å². The van der Waals surface area contributed by atoms with Crippen LogP contribution in [-0.4, -0.2) is 16.0 Å². The molecule has 1 heterocycles. The first-order valence-corrected chi connectivity index (χ1v) is 10.7. The van der Waals surface area contributed by atoms with Gasteiger partial charge < -0.3 is 9.84 Å². The molecule has 1 amide bonds. The van der Waals surface area contributed by atoms with Gasteiger partial charge in [-0.15, -0.1) is 0 Å². The van der Waals surface area contributed by atoms with Gasteiger partial charge in [-0.3, -0.25) is 14.9 Å². The molecule has 7 nitrogen and oxygen atoms in total. The number of carbonyl (C=O) groups is 1. The highest BCUT2D eigenvalue weighted by Gasteiger charge is 2.14. The molecule has 1 saturated carbocycles. The Balaban J connectivity index is 1.36. The molecule has 32 heavy (non-hydrogen) atoms. The molecule has 8 heteroatoms. The number of non-ortho nitro benzene ring substituents is 1. The van der Waals surface area contributed by atoms with Crippen LogP contribution < -0.4 is 5.32 Å². The first-order valence-electron chi connectivity index (χ1n) is 10.3. The predicted octanol–water partition coefficient (Wildman–Crippen LogP) is 5.37. The van der Waals surface area contributed by atoms with Crippen molar-refractivity contribution in [1.29, 1.82) is 0 Å². The second-order valence-electron chi connectivity index (χ2n) is 7.61. The van der Waals surface area contributed by atoms with E-state index < -0.39 is 4.92 Å². The van der Waals surface area contributed by atoms with Crippen molar-refractivity contribution in [2.45, 2.75) is 32.2 Å². The van der Waals surface area contributed by atoms with Crippen molar-refractivity contribution in [1.82, 2.24) is 10.5 Å². The first-order chi connectivity index (χ1) is 15.5. The van der Waals surface area contributed by atoms with Gasteiger partial charge in [-0.2, -0.15) is 0 Å². The van der Waals surface area contributed by atoms with Gasteiger partial charge in [0.15, 0.2) is 5.76 Å². The van der Waals surface area contributed by atoms with E-state index in [9.17, 15) is 14.9 Å². The number of halogens is 1. The fourth-order valence-electron chi connectivity index (χ4n) is 3.56. The average Bonchev–Trinajstić information content (AvgIpc) is 3.49. The fraction of sp³-hybridized carbons (Fsp3) is 0.250. The van der Waals surface area contributed by atoms with Crippen LogP contribution in [-0.2, 0) is 6.54 Å². The zero-order valence-electron chi connectivity index (χ0n) is 17.1. The topological polar surface area (TPSA) is 98.3 Å². The number of nitrogens with one attached hydrogen (secondary N) is 1. The van der Waals surface area contributed by atoms with Crippen molar-refractivity contribution in [2.24, 2.45) is 5.92 Å². The van der Waals surface area contributed by atoms with E-state index in [-0.39, 0.29) is 18.1 Å². The van der Waals surface area contributed by atoms with Gasteiger partial charge in [0.1, 0.15) is 5.69 Å². The number of hydrogen-bond donors (Lipinski definition) is 1. The zero-order chi connectivity index (χ0) is 22.5. The fourth-order valence-corrected chi connectivity index (χ4v) is 3.79. The summed E-state index contributed by atoms with van der Waals surface area (Å²) in [5.41, 5.74) is 2.35. The molecule has 1 aromatic heterocycles. The third-order valence-corrected chi connectivity index (χ3v) is 5.67. The summed E-state index contributed by atoms with van der Waals surface area (Å²) in [5.74, 6) is 7.00. The zero-order valence-corrected chi connectivity index (χ0v) is 17.9. The highest BCUT2D eigenvalue weighted by atomic mass is 35.5. The largest absolute Gasteiger partial charge is 0.359 e. The second-order valence-corrected chi connectivity index (χ2v) is 8.02. The maximum Gasteiger partial charge on any atom is 0.269 e. The van der Waals surface area contributed by atoms with E-state index in [0.29, 0.717) is 33.5 Å². The normalized spacial score (nSPS) is 13.4. The van der Waals surface area contributed by atoms with Gasteiger partial charge in [0.2, 0.25) is 0 Å². The lowest BCUT2D eigenvalue weighted by atomic mass is 10.1. The lowest BCUT2D eigenvalue weighted by Crippen LogP contribution is -2.22. The molecule has 0 unspecified atom stereocenters. The maximum absolute atomic E-state index is 12.5. The Kier molecular flexibility index (Phi) is 6.52. The molecule has 162 valence electrons. The van der Waals surface area contributed by atoms with Crippen molar-refractivity contribution in [2.75, 3.05) is 0 Å². The number of carbonyl (C=O) groups excluding carboxylic acids is 1. The van der Waals surface area contributed by atoms with Gasteiger partial charge in [-0.05, 0) is 43.2 Å². The summed E-state index contributed by atoms with van der Waals surface area (Å²) in [5, 5.41) is 17.9. The summed E-state index contributed by atoms with van der Waals surface area (Å²) >= 11 is 6.32. The van der Waals surface area contributed by atoms with E-state index in [2.05, 4.69) is 22.3 Å². The van der Waals surface area contributed by atoms with Gasteiger partial charge >= 0.3 is 0 Å². The van der Waals surface area contributed by atoms with Gasteiger partial charge in [-0.1, -0.05) is 41.4 Å². The molecule has 1 fully saturated rings. The minimum Gasteiger partial charge on any atom is -0.359 e. The van der Waals surface area contributed by atoms with Crippen molar-refractivity contribution in [3.8, 4) is 23.1 Å². The molecule has 0 saturated heterocycles. The number of benzene rings is 2. The van der Waals surface area contributed by atoms with Crippen molar-refractivity contribution in [3.63, 3.8) is 0 Å². The number of amides is 1. The molecule has 0 bridgehead atoms. The minimum absolute atomic E-state index is 0.000992. The van der Waals surface area contributed by atoms with Crippen LogP contribution in [0.5, 0.6) is 0 Å². The van der Waals surface area contributed by atoms with Crippen molar-refractivity contribution in [3.05, 3.63) is 80.6 Å². The Morgan fingerprint density at radius 2 is 1.94 bits per heavy atom. The summed E-state index contributed by atoms with van der Waals surface area (Å²) in [6.07, 6.45) is 4.73. The Hall–Kier alpha value is -3.63. The van der Waals surface area contributed by atoms with Crippen molar-refractivity contribution >= 4 is 23.2 Å². The minimum atomic E-state index is -0.464. The number of rotatable bonds is 5. The standard InChI is InChI=1S/C24H20ClN3O4/c25-22-13-19(8-7-17(22)6-5-16-3-1-2-4-16)24(29)26-15-21-14-23(27-32-21)18-9-11-20(12-10-18)28(30)31/h7-14,16H,1-4,15H2,(H,26,29). The van der Waals surface area contributed by atoms with Crippen LogP contribution in [0.2, 0.25) is 5.02 Å². The quantitative estimate of drug-likeness (QED) is 0.320. The number of nitrogens with zero attached hydrogens (tertiary/aromatic N) is 2. The number of aromatic nitrogens is 1. The van der Waals surface area contributed by atoms with Gasteiger partial charge in [0, 0.05) is 40.8 Å². The number of nitro benzene ring substituents is 1. The summed E-state index contributed by atoms with van der Waals surface area (Å²) in [6.45, 7) is 0.139. The molecule has 1 aliphatic rings. The summed E-state index contributed by atoms with van der Waals surface area (Å²) in [6, 6.07) is 12.7. The van der Waals surface area contributed by atoms with Crippen LogP contribution in [0.25, 0.3) is 11.3 Å². The smallest absolute Gasteiger partial charge is 0.269 e. The third kappa shape index (κ3) is 5.16. The molecule has 3 aromatic rings. The van der Waals surface area contributed by atoms with E-state index >= 15 is 0 Å². The number of nitro groups is 1. The van der Waals surface area contributed by atoms with Gasteiger partial charge in [0.25, 0.3) is 11.6 Å². The molecular weight excluding hydrogens is 430 g/mol. The molecular formula is C24H20ClN3O4. The monoisotopic (exact) mass is 449 g/mol. The van der Waals surface area contributed by atoms with Crippen LogP contribution in [0, 0.1) is 27.9 Å². The molecule has 1 N–H and O–H groups in total.